The van der Waals surface area contributed by atoms with Gasteiger partial charge >= 0.3 is 0 Å². The summed E-state index contributed by atoms with van der Waals surface area (Å²) in [6.07, 6.45) is 3.20. The van der Waals surface area contributed by atoms with Crippen LogP contribution in [0.15, 0.2) is 42.7 Å². The number of nitrogens with zero attached hydrogens (tertiary/aromatic N) is 1. The Hall–Kier alpha value is -2.07. The lowest BCUT2D eigenvalue weighted by molar-refractivity contribution is 0.102. The molecule has 0 aliphatic rings. The number of anilines is 2. The summed E-state index contributed by atoms with van der Waals surface area (Å²) in [5.41, 5.74) is 7.10. The lowest BCUT2D eigenvalue weighted by Crippen LogP contribution is -2.12. The van der Waals surface area contributed by atoms with Gasteiger partial charge < -0.3 is 11.1 Å². The molecule has 0 unspecified atom stereocenters. The van der Waals surface area contributed by atoms with E-state index in [4.69, 9.17) is 17.3 Å². The van der Waals surface area contributed by atoms with E-state index in [1.807, 2.05) is 0 Å². The molecule has 17 heavy (non-hydrogen) atoms. The van der Waals surface area contributed by atoms with Crippen LogP contribution in [0.4, 0.5) is 11.4 Å². The van der Waals surface area contributed by atoms with Crippen molar-refractivity contribution < 1.29 is 4.79 Å². The Morgan fingerprint density at radius 2 is 2.18 bits per heavy atom. The summed E-state index contributed by atoms with van der Waals surface area (Å²) < 4.78 is 0. The molecule has 0 bridgehead atoms. The summed E-state index contributed by atoms with van der Waals surface area (Å²) in [6, 6.07) is 8.24. The van der Waals surface area contributed by atoms with Crippen LogP contribution in [0.1, 0.15) is 10.4 Å². The Morgan fingerprint density at radius 3 is 2.82 bits per heavy atom. The topological polar surface area (TPSA) is 68.0 Å². The van der Waals surface area contributed by atoms with Gasteiger partial charge in [-0.1, -0.05) is 11.6 Å². The molecule has 4 nitrogen and oxygen atoms in total. The Balaban J connectivity index is 2.18. The molecule has 2 aromatic rings. The molecular weight excluding hydrogens is 238 g/mol. The van der Waals surface area contributed by atoms with Gasteiger partial charge in [-0.25, -0.2) is 0 Å². The van der Waals surface area contributed by atoms with Crippen LogP contribution in [0.25, 0.3) is 0 Å². The second kappa shape index (κ2) is 4.84. The number of aromatic nitrogens is 1. The van der Waals surface area contributed by atoms with E-state index in [2.05, 4.69) is 10.3 Å². The van der Waals surface area contributed by atoms with E-state index in [0.717, 1.165) is 0 Å². The molecular formula is C12H10ClN3O. The van der Waals surface area contributed by atoms with E-state index in [-0.39, 0.29) is 5.91 Å². The molecule has 0 fully saturated rings. The second-order valence-electron chi connectivity index (χ2n) is 3.43. The van der Waals surface area contributed by atoms with Crippen LogP contribution in [0.5, 0.6) is 0 Å². The molecule has 86 valence electrons. The Bertz CT molecular complexity index is 543. The van der Waals surface area contributed by atoms with Gasteiger partial charge in [0, 0.05) is 11.8 Å². The molecule has 0 radical (unpaired) electrons. The van der Waals surface area contributed by atoms with Crippen LogP contribution in [-0.4, -0.2) is 10.9 Å². The minimum Gasteiger partial charge on any atom is -0.398 e. The highest BCUT2D eigenvalue weighted by Crippen LogP contribution is 2.20. The third-order valence-electron chi connectivity index (χ3n) is 2.18. The highest BCUT2D eigenvalue weighted by atomic mass is 35.5. The fraction of sp³-hybridized carbons (Fsp3) is 0. The van der Waals surface area contributed by atoms with Crippen LogP contribution >= 0.6 is 11.6 Å². The molecule has 2 rings (SSSR count). The Morgan fingerprint density at radius 1 is 1.35 bits per heavy atom. The molecule has 1 heterocycles. The van der Waals surface area contributed by atoms with E-state index in [9.17, 15) is 4.79 Å². The number of pyridine rings is 1. The first-order chi connectivity index (χ1) is 8.16. The molecule has 1 aromatic heterocycles. The largest absolute Gasteiger partial charge is 0.398 e. The first kappa shape index (κ1) is 11.4. The summed E-state index contributed by atoms with van der Waals surface area (Å²) >= 11 is 5.84. The highest BCUT2D eigenvalue weighted by Gasteiger charge is 2.07. The standard InChI is InChI=1S/C12H10ClN3O/c13-10-6-8(3-4-11(10)14)12(17)16-9-2-1-5-15-7-9/h1-7H,14H2,(H,16,17). The molecule has 1 amide bonds. The maximum atomic E-state index is 11.8. The summed E-state index contributed by atoms with van der Waals surface area (Å²) in [6.45, 7) is 0. The van der Waals surface area contributed by atoms with Gasteiger partial charge in [-0.05, 0) is 30.3 Å². The normalized spacial score (nSPS) is 9.94. The number of hydrogen-bond donors (Lipinski definition) is 2. The molecule has 0 atom stereocenters. The van der Waals surface area contributed by atoms with Crippen molar-refractivity contribution in [1.82, 2.24) is 4.98 Å². The Labute approximate surface area is 103 Å². The molecule has 0 saturated heterocycles. The first-order valence-corrected chi connectivity index (χ1v) is 5.31. The quantitative estimate of drug-likeness (QED) is 0.802. The number of nitrogens with two attached hydrogens (primary N) is 1. The van der Waals surface area contributed by atoms with Gasteiger partial charge in [-0.3, -0.25) is 9.78 Å². The summed E-state index contributed by atoms with van der Waals surface area (Å²) in [5, 5.41) is 3.07. The van der Waals surface area contributed by atoms with E-state index in [0.29, 0.717) is 22.0 Å². The highest BCUT2D eigenvalue weighted by molar-refractivity contribution is 6.33. The van der Waals surface area contributed by atoms with Crippen molar-refractivity contribution >= 4 is 28.9 Å². The third-order valence-corrected chi connectivity index (χ3v) is 2.51. The van der Waals surface area contributed by atoms with Crippen LogP contribution < -0.4 is 11.1 Å². The van der Waals surface area contributed by atoms with Crippen molar-refractivity contribution in [2.24, 2.45) is 0 Å². The maximum Gasteiger partial charge on any atom is 0.255 e. The van der Waals surface area contributed by atoms with Crippen LogP contribution in [0.3, 0.4) is 0 Å². The molecule has 0 aliphatic carbocycles. The number of hydrogen-bond acceptors (Lipinski definition) is 3. The van der Waals surface area contributed by atoms with Crippen LogP contribution in [0.2, 0.25) is 5.02 Å². The SMILES string of the molecule is Nc1ccc(C(=O)Nc2cccnc2)cc1Cl. The van der Waals surface area contributed by atoms with Gasteiger partial charge in [0.1, 0.15) is 0 Å². The maximum absolute atomic E-state index is 11.8. The molecule has 0 spiro atoms. The average Bonchev–Trinajstić information content (AvgIpc) is 2.34. The fourth-order valence-corrected chi connectivity index (χ4v) is 1.49. The molecule has 1 aromatic carbocycles. The number of carbonyl (C=O) groups excluding carboxylic acids is 1. The molecule has 5 heteroatoms. The van der Waals surface area contributed by atoms with Gasteiger partial charge in [-0.2, -0.15) is 0 Å². The van der Waals surface area contributed by atoms with Crippen LogP contribution in [0, 0.1) is 0 Å². The number of nitrogens with one attached hydrogen (secondary N) is 1. The van der Waals surface area contributed by atoms with Gasteiger partial charge in [0.25, 0.3) is 5.91 Å². The minimum atomic E-state index is -0.250. The molecule has 3 N–H and O–H groups in total. The zero-order valence-corrected chi connectivity index (χ0v) is 9.61. The predicted octanol–water partition coefficient (Wildman–Crippen LogP) is 2.57. The van der Waals surface area contributed by atoms with E-state index < -0.39 is 0 Å². The van der Waals surface area contributed by atoms with E-state index >= 15 is 0 Å². The minimum absolute atomic E-state index is 0.250. The van der Waals surface area contributed by atoms with Crippen molar-refractivity contribution in [2.45, 2.75) is 0 Å². The van der Waals surface area contributed by atoms with Crippen molar-refractivity contribution in [2.75, 3.05) is 11.1 Å². The van der Waals surface area contributed by atoms with Crippen LogP contribution in [-0.2, 0) is 0 Å². The second-order valence-corrected chi connectivity index (χ2v) is 3.84. The third kappa shape index (κ3) is 2.73. The van der Waals surface area contributed by atoms with Crippen molar-refractivity contribution in [1.29, 1.82) is 0 Å². The summed E-state index contributed by atoms with van der Waals surface area (Å²) in [7, 11) is 0. The van der Waals surface area contributed by atoms with Gasteiger partial charge in [0.15, 0.2) is 0 Å². The molecule has 0 saturated carbocycles. The van der Waals surface area contributed by atoms with Crippen molar-refractivity contribution in [3.8, 4) is 0 Å². The van der Waals surface area contributed by atoms with E-state index in [1.165, 1.54) is 6.07 Å². The summed E-state index contributed by atoms with van der Waals surface area (Å²) in [4.78, 5) is 15.7. The van der Waals surface area contributed by atoms with Gasteiger partial charge in [0.2, 0.25) is 0 Å². The number of halogens is 1. The molecule has 0 aliphatic heterocycles. The number of rotatable bonds is 2. The van der Waals surface area contributed by atoms with Gasteiger partial charge in [0.05, 0.1) is 22.6 Å². The van der Waals surface area contributed by atoms with Crippen molar-refractivity contribution in [3.05, 3.63) is 53.3 Å². The zero-order chi connectivity index (χ0) is 12.3. The monoisotopic (exact) mass is 247 g/mol. The zero-order valence-electron chi connectivity index (χ0n) is 8.85. The van der Waals surface area contributed by atoms with E-state index in [1.54, 1.807) is 36.7 Å². The van der Waals surface area contributed by atoms with Crippen molar-refractivity contribution in [3.63, 3.8) is 0 Å². The lowest BCUT2D eigenvalue weighted by Gasteiger charge is -2.05. The number of amides is 1. The predicted molar refractivity (Wildman–Crippen MR) is 68.1 cm³/mol. The smallest absolute Gasteiger partial charge is 0.255 e. The number of benzene rings is 1. The first-order valence-electron chi connectivity index (χ1n) is 4.93. The lowest BCUT2D eigenvalue weighted by atomic mass is 10.2. The fourth-order valence-electron chi connectivity index (χ4n) is 1.31. The summed E-state index contributed by atoms with van der Waals surface area (Å²) in [5.74, 6) is -0.250. The van der Waals surface area contributed by atoms with Gasteiger partial charge in [-0.15, -0.1) is 0 Å². The number of carbonyl (C=O) groups is 1. The average molecular weight is 248 g/mol. The Kier molecular flexibility index (Phi) is 3.25. The number of nitrogen functional groups attached to an aromatic ring is 1.